The second-order valence-electron chi connectivity index (χ2n) is 5.67. The summed E-state index contributed by atoms with van der Waals surface area (Å²) in [4.78, 5) is 10.9. The molecule has 0 N–H and O–H groups in total. The molecule has 1 heterocycles. The van der Waals surface area contributed by atoms with Crippen molar-refractivity contribution >= 4 is 6.29 Å². The molecular weight excluding hydrogens is 309 g/mol. The van der Waals surface area contributed by atoms with Crippen LogP contribution in [0.1, 0.15) is 29.6 Å². The highest BCUT2D eigenvalue weighted by molar-refractivity contribution is 5.81. The van der Waals surface area contributed by atoms with Gasteiger partial charge in [0.05, 0.1) is 6.20 Å². The second kappa shape index (κ2) is 6.06. The third kappa shape index (κ3) is 3.72. The van der Waals surface area contributed by atoms with Crippen LogP contribution in [-0.2, 0) is 6.54 Å². The smallest absolute Gasteiger partial charge is 0.405 e. The third-order valence-corrected chi connectivity index (χ3v) is 3.98. The first-order valence-corrected chi connectivity index (χ1v) is 7.32. The van der Waals surface area contributed by atoms with E-state index in [9.17, 15) is 18.0 Å². The lowest BCUT2D eigenvalue weighted by atomic mass is 9.85. The fraction of sp³-hybridized carbons (Fsp3) is 0.375. The van der Waals surface area contributed by atoms with Crippen LogP contribution in [-0.4, -0.2) is 22.4 Å². The predicted molar refractivity (Wildman–Crippen MR) is 77.1 cm³/mol. The average Bonchev–Trinajstić information content (AvgIpc) is 2.90. The van der Waals surface area contributed by atoms with Crippen LogP contribution >= 0.6 is 0 Å². The van der Waals surface area contributed by atoms with Gasteiger partial charge in [-0.3, -0.25) is 9.48 Å². The largest absolute Gasteiger partial charge is 0.573 e. The summed E-state index contributed by atoms with van der Waals surface area (Å²) in [5.74, 6) is 0.237. The van der Waals surface area contributed by atoms with E-state index in [4.69, 9.17) is 0 Å². The van der Waals surface area contributed by atoms with Crippen molar-refractivity contribution in [3.8, 4) is 16.9 Å². The van der Waals surface area contributed by atoms with Gasteiger partial charge in [0.25, 0.3) is 0 Å². The van der Waals surface area contributed by atoms with Crippen LogP contribution in [0.4, 0.5) is 13.2 Å². The molecule has 0 amide bonds. The molecule has 0 spiro atoms. The Labute approximate surface area is 130 Å². The number of ether oxygens (including phenoxy) is 1. The molecule has 0 saturated heterocycles. The van der Waals surface area contributed by atoms with E-state index < -0.39 is 6.36 Å². The second-order valence-corrected chi connectivity index (χ2v) is 5.67. The summed E-state index contributed by atoms with van der Waals surface area (Å²) in [6.45, 7) is 0.753. The van der Waals surface area contributed by atoms with E-state index in [1.54, 1.807) is 10.9 Å². The molecule has 0 bridgehead atoms. The number of carbonyl (C=O) groups is 1. The van der Waals surface area contributed by atoms with Gasteiger partial charge in [-0.2, -0.15) is 5.10 Å². The summed E-state index contributed by atoms with van der Waals surface area (Å²) in [6, 6.07) is 3.81. The number of alkyl halides is 3. The van der Waals surface area contributed by atoms with Crippen LogP contribution in [0.2, 0.25) is 0 Å². The van der Waals surface area contributed by atoms with Gasteiger partial charge in [-0.25, -0.2) is 0 Å². The molecule has 7 heteroatoms. The van der Waals surface area contributed by atoms with Crippen LogP contribution in [0, 0.1) is 5.92 Å². The molecule has 1 aliphatic carbocycles. The number of carbonyl (C=O) groups excluding carboxylic acids is 1. The van der Waals surface area contributed by atoms with Gasteiger partial charge in [0.15, 0.2) is 0 Å². The number of benzene rings is 1. The zero-order valence-corrected chi connectivity index (χ0v) is 12.2. The molecule has 0 radical (unpaired) electrons. The Kier molecular flexibility index (Phi) is 4.11. The summed E-state index contributed by atoms with van der Waals surface area (Å²) in [5.41, 5.74) is 0.973. The van der Waals surface area contributed by atoms with Crippen molar-refractivity contribution in [1.29, 1.82) is 0 Å². The summed E-state index contributed by atoms with van der Waals surface area (Å²) < 4.78 is 43.4. The number of aromatic nitrogens is 2. The summed E-state index contributed by atoms with van der Waals surface area (Å²) in [7, 11) is 0. The minimum atomic E-state index is -4.79. The first-order chi connectivity index (χ1) is 10.9. The standard InChI is InChI=1S/C16H15F3N2O2/c17-16(18,19)23-15-5-4-12(10-22)6-14(15)13-7-20-21(9-13)8-11-2-1-3-11/h4-7,9-11H,1-3,8H2. The van der Waals surface area contributed by atoms with Gasteiger partial charge in [0.1, 0.15) is 12.0 Å². The van der Waals surface area contributed by atoms with E-state index in [2.05, 4.69) is 9.84 Å². The zero-order chi connectivity index (χ0) is 16.4. The van der Waals surface area contributed by atoms with Crippen molar-refractivity contribution in [2.45, 2.75) is 32.2 Å². The molecule has 1 fully saturated rings. The molecule has 2 aromatic rings. The van der Waals surface area contributed by atoms with Crippen LogP contribution < -0.4 is 4.74 Å². The lowest BCUT2D eigenvalue weighted by molar-refractivity contribution is -0.274. The van der Waals surface area contributed by atoms with Crippen molar-refractivity contribution in [3.05, 3.63) is 36.2 Å². The summed E-state index contributed by atoms with van der Waals surface area (Å²) in [5, 5.41) is 4.20. The fourth-order valence-corrected chi connectivity index (χ4v) is 2.60. The molecule has 23 heavy (non-hydrogen) atoms. The van der Waals surface area contributed by atoms with Gasteiger partial charge in [-0.1, -0.05) is 6.42 Å². The number of nitrogens with zero attached hydrogens (tertiary/aromatic N) is 2. The minimum absolute atomic E-state index is 0.201. The van der Waals surface area contributed by atoms with E-state index in [1.807, 2.05) is 0 Å². The maximum absolute atomic E-state index is 12.5. The third-order valence-electron chi connectivity index (χ3n) is 3.98. The quantitative estimate of drug-likeness (QED) is 0.779. The van der Waals surface area contributed by atoms with Gasteiger partial charge in [-0.05, 0) is 37.0 Å². The lowest BCUT2D eigenvalue weighted by Gasteiger charge is -2.24. The van der Waals surface area contributed by atoms with Gasteiger partial charge in [0, 0.05) is 29.4 Å². The van der Waals surface area contributed by atoms with E-state index in [1.165, 1.54) is 24.8 Å². The first kappa shape index (κ1) is 15.6. The zero-order valence-electron chi connectivity index (χ0n) is 12.2. The molecule has 1 saturated carbocycles. The van der Waals surface area contributed by atoms with Gasteiger partial charge in [-0.15, -0.1) is 13.2 Å². The Morgan fingerprint density at radius 1 is 1.35 bits per heavy atom. The number of halogens is 3. The van der Waals surface area contributed by atoms with E-state index in [0.717, 1.165) is 25.5 Å². The van der Waals surface area contributed by atoms with Gasteiger partial charge in [0.2, 0.25) is 0 Å². The van der Waals surface area contributed by atoms with Crippen molar-refractivity contribution in [1.82, 2.24) is 9.78 Å². The first-order valence-electron chi connectivity index (χ1n) is 7.32. The molecular formula is C16H15F3N2O2. The monoisotopic (exact) mass is 324 g/mol. The number of rotatable bonds is 5. The van der Waals surface area contributed by atoms with E-state index in [0.29, 0.717) is 17.8 Å². The van der Waals surface area contributed by atoms with Gasteiger partial charge >= 0.3 is 6.36 Å². The average molecular weight is 324 g/mol. The maximum atomic E-state index is 12.5. The van der Waals surface area contributed by atoms with Crippen LogP contribution in [0.15, 0.2) is 30.6 Å². The molecule has 1 aromatic heterocycles. The Bertz CT molecular complexity index is 706. The van der Waals surface area contributed by atoms with Crippen LogP contribution in [0.3, 0.4) is 0 Å². The molecule has 1 aliphatic rings. The number of aldehydes is 1. The normalized spacial score (nSPS) is 15.3. The van der Waals surface area contributed by atoms with Crippen molar-refractivity contribution in [2.24, 2.45) is 5.92 Å². The lowest BCUT2D eigenvalue weighted by Crippen LogP contribution is -2.18. The molecule has 0 aliphatic heterocycles. The highest BCUT2D eigenvalue weighted by atomic mass is 19.4. The highest BCUT2D eigenvalue weighted by Gasteiger charge is 2.32. The SMILES string of the molecule is O=Cc1ccc(OC(F)(F)F)c(-c2cnn(CC3CCC3)c2)c1. The Morgan fingerprint density at radius 3 is 2.74 bits per heavy atom. The van der Waals surface area contributed by atoms with E-state index in [-0.39, 0.29) is 16.9 Å². The summed E-state index contributed by atoms with van der Waals surface area (Å²) in [6.07, 6.45) is 2.48. The number of hydrogen-bond acceptors (Lipinski definition) is 3. The van der Waals surface area contributed by atoms with Crippen molar-refractivity contribution in [2.75, 3.05) is 0 Å². The predicted octanol–water partition coefficient (Wildman–Crippen LogP) is 4.06. The highest BCUT2D eigenvalue weighted by Crippen LogP contribution is 2.35. The maximum Gasteiger partial charge on any atom is 0.573 e. The Morgan fingerprint density at radius 2 is 2.13 bits per heavy atom. The van der Waals surface area contributed by atoms with Crippen LogP contribution in [0.25, 0.3) is 11.1 Å². The Hall–Kier alpha value is -2.31. The minimum Gasteiger partial charge on any atom is -0.405 e. The molecule has 0 atom stereocenters. The molecule has 1 aromatic carbocycles. The van der Waals surface area contributed by atoms with E-state index >= 15 is 0 Å². The van der Waals surface area contributed by atoms with Gasteiger partial charge < -0.3 is 4.74 Å². The van der Waals surface area contributed by atoms with Crippen molar-refractivity contribution < 1.29 is 22.7 Å². The van der Waals surface area contributed by atoms with Crippen LogP contribution in [0.5, 0.6) is 5.75 Å². The molecule has 0 unspecified atom stereocenters. The topological polar surface area (TPSA) is 44.1 Å². The molecule has 122 valence electrons. The Balaban J connectivity index is 1.91. The van der Waals surface area contributed by atoms with Crippen molar-refractivity contribution in [3.63, 3.8) is 0 Å². The molecule has 4 nitrogen and oxygen atoms in total. The molecule has 3 rings (SSSR count). The number of hydrogen-bond donors (Lipinski definition) is 0. The summed E-state index contributed by atoms with van der Waals surface area (Å²) >= 11 is 0. The fourth-order valence-electron chi connectivity index (χ4n) is 2.60.